The van der Waals surface area contributed by atoms with Gasteiger partial charge < -0.3 is 10.1 Å². The van der Waals surface area contributed by atoms with Crippen molar-refractivity contribution in [2.24, 2.45) is 0 Å². The molecule has 0 saturated heterocycles. The zero-order valence-corrected chi connectivity index (χ0v) is 12.5. The number of halogens is 1. The lowest BCUT2D eigenvalue weighted by atomic mass is 10.2. The standard InChI is InChI=1S/C13H24ClN3O/c1-5-7-15-12(9-18-10(3)4)13-11(14)8-16-17(13)6-2/h8,10,12,15H,5-7,9H2,1-4H3. The number of hydrogen-bond donors (Lipinski definition) is 1. The van der Waals surface area contributed by atoms with Gasteiger partial charge in [-0.2, -0.15) is 5.10 Å². The molecule has 5 heteroatoms. The maximum atomic E-state index is 6.23. The summed E-state index contributed by atoms with van der Waals surface area (Å²) in [5, 5.41) is 8.46. The van der Waals surface area contributed by atoms with Crippen LogP contribution in [0.3, 0.4) is 0 Å². The largest absolute Gasteiger partial charge is 0.377 e. The van der Waals surface area contributed by atoms with E-state index in [0.717, 1.165) is 25.2 Å². The minimum absolute atomic E-state index is 0.0994. The van der Waals surface area contributed by atoms with Gasteiger partial charge in [0, 0.05) is 6.54 Å². The minimum atomic E-state index is 0.0994. The van der Waals surface area contributed by atoms with E-state index >= 15 is 0 Å². The number of rotatable bonds is 8. The summed E-state index contributed by atoms with van der Waals surface area (Å²) in [7, 11) is 0. The first-order valence-electron chi connectivity index (χ1n) is 6.66. The Bertz CT molecular complexity index is 352. The van der Waals surface area contributed by atoms with Crippen molar-refractivity contribution in [1.29, 1.82) is 0 Å². The van der Waals surface area contributed by atoms with E-state index in [1.165, 1.54) is 0 Å². The van der Waals surface area contributed by atoms with Crippen molar-refractivity contribution >= 4 is 11.6 Å². The van der Waals surface area contributed by atoms with Crippen LogP contribution in [0, 0.1) is 0 Å². The van der Waals surface area contributed by atoms with Crippen molar-refractivity contribution in [3.05, 3.63) is 16.9 Å². The van der Waals surface area contributed by atoms with Crippen LogP contribution in [0.25, 0.3) is 0 Å². The van der Waals surface area contributed by atoms with Crippen LogP contribution in [0.2, 0.25) is 5.02 Å². The highest BCUT2D eigenvalue weighted by molar-refractivity contribution is 6.31. The van der Waals surface area contributed by atoms with Gasteiger partial charge >= 0.3 is 0 Å². The van der Waals surface area contributed by atoms with Crippen LogP contribution < -0.4 is 5.32 Å². The first-order valence-corrected chi connectivity index (χ1v) is 7.04. The summed E-state index contributed by atoms with van der Waals surface area (Å²) in [4.78, 5) is 0. The fraction of sp³-hybridized carbons (Fsp3) is 0.769. The Morgan fingerprint density at radius 2 is 2.17 bits per heavy atom. The minimum Gasteiger partial charge on any atom is -0.377 e. The summed E-state index contributed by atoms with van der Waals surface area (Å²) in [5.74, 6) is 0. The predicted molar refractivity (Wildman–Crippen MR) is 75.0 cm³/mol. The van der Waals surface area contributed by atoms with E-state index in [0.29, 0.717) is 11.6 Å². The first-order chi connectivity index (χ1) is 8.60. The zero-order valence-electron chi connectivity index (χ0n) is 11.7. The first kappa shape index (κ1) is 15.5. The molecule has 0 aliphatic heterocycles. The molecule has 1 unspecified atom stereocenters. The van der Waals surface area contributed by atoms with Gasteiger partial charge in [-0.1, -0.05) is 18.5 Å². The third-order valence-electron chi connectivity index (χ3n) is 2.70. The average Bonchev–Trinajstić information content (AvgIpc) is 2.71. The zero-order chi connectivity index (χ0) is 13.5. The summed E-state index contributed by atoms with van der Waals surface area (Å²) in [6.45, 7) is 10.7. The number of nitrogens with one attached hydrogen (secondary N) is 1. The fourth-order valence-corrected chi connectivity index (χ4v) is 2.09. The normalized spacial score (nSPS) is 13.2. The number of aryl methyl sites for hydroxylation is 1. The molecule has 0 aliphatic carbocycles. The highest BCUT2D eigenvalue weighted by atomic mass is 35.5. The second-order valence-electron chi connectivity index (χ2n) is 4.58. The Morgan fingerprint density at radius 1 is 1.44 bits per heavy atom. The number of ether oxygens (including phenoxy) is 1. The van der Waals surface area contributed by atoms with Gasteiger partial charge in [-0.25, -0.2) is 0 Å². The third-order valence-corrected chi connectivity index (χ3v) is 2.99. The Balaban J connectivity index is 2.82. The van der Waals surface area contributed by atoms with Crippen molar-refractivity contribution < 1.29 is 4.74 Å². The monoisotopic (exact) mass is 273 g/mol. The van der Waals surface area contributed by atoms with E-state index in [2.05, 4.69) is 24.3 Å². The highest BCUT2D eigenvalue weighted by Crippen LogP contribution is 2.23. The molecule has 0 fully saturated rings. The molecular weight excluding hydrogens is 250 g/mol. The van der Waals surface area contributed by atoms with Gasteiger partial charge in [-0.15, -0.1) is 0 Å². The summed E-state index contributed by atoms with van der Waals surface area (Å²) in [5.41, 5.74) is 1.02. The van der Waals surface area contributed by atoms with Crippen molar-refractivity contribution in [2.75, 3.05) is 13.2 Å². The van der Waals surface area contributed by atoms with E-state index in [1.807, 2.05) is 18.5 Å². The van der Waals surface area contributed by atoms with Crippen LogP contribution >= 0.6 is 11.6 Å². The van der Waals surface area contributed by atoms with Crippen LogP contribution in [0.5, 0.6) is 0 Å². The van der Waals surface area contributed by atoms with Crippen molar-refractivity contribution in [1.82, 2.24) is 15.1 Å². The molecule has 104 valence electrons. The Kier molecular flexibility index (Phi) is 6.68. The molecule has 0 aliphatic rings. The van der Waals surface area contributed by atoms with E-state index in [4.69, 9.17) is 16.3 Å². The van der Waals surface area contributed by atoms with Crippen LogP contribution in [0.4, 0.5) is 0 Å². The molecule has 1 atom stereocenters. The van der Waals surface area contributed by atoms with Gasteiger partial charge in [0.2, 0.25) is 0 Å². The molecular formula is C13H24ClN3O. The Hall–Kier alpha value is -0.580. The van der Waals surface area contributed by atoms with Gasteiger partial charge in [-0.05, 0) is 33.7 Å². The SMILES string of the molecule is CCCNC(COC(C)C)c1c(Cl)cnn1CC. The van der Waals surface area contributed by atoms with Gasteiger partial charge in [0.15, 0.2) is 0 Å². The lowest BCUT2D eigenvalue weighted by Crippen LogP contribution is -2.29. The van der Waals surface area contributed by atoms with Crippen molar-refractivity contribution in [2.45, 2.75) is 52.8 Å². The molecule has 1 aromatic heterocycles. The van der Waals surface area contributed by atoms with Gasteiger partial charge in [0.1, 0.15) is 0 Å². The summed E-state index contributed by atoms with van der Waals surface area (Å²) in [6.07, 6.45) is 3.00. The quantitative estimate of drug-likeness (QED) is 0.791. The molecule has 18 heavy (non-hydrogen) atoms. The van der Waals surface area contributed by atoms with Crippen LogP contribution in [-0.2, 0) is 11.3 Å². The molecule has 1 N–H and O–H groups in total. The summed E-state index contributed by atoms with van der Waals surface area (Å²) < 4.78 is 7.65. The second-order valence-corrected chi connectivity index (χ2v) is 4.99. The Morgan fingerprint density at radius 3 is 2.72 bits per heavy atom. The molecule has 0 amide bonds. The lowest BCUT2D eigenvalue weighted by molar-refractivity contribution is 0.0594. The molecule has 0 radical (unpaired) electrons. The van der Waals surface area contributed by atoms with Crippen molar-refractivity contribution in [3.8, 4) is 0 Å². The van der Waals surface area contributed by atoms with E-state index in [1.54, 1.807) is 6.20 Å². The molecule has 4 nitrogen and oxygen atoms in total. The number of hydrogen-bond acceptors (Lipinski definition) is 3. The Labute approximate surface area is 115 Å². The summed E-state index contributed by atoms with van der Waals surface area (Å²) in [6, 6.07) is 0.0994. The topological polar surface area (TPSA) is 39.1 Å². The van der Waals surface area contributed by atoms with E-state index in [9.17, 15) is 0 Å². The predicted octanol–water partition coefficient (Wildman–Crippen LogP) is 3.02. The number of aromatic nitrogens is 2. The highest BCUT2D eigenvalue weighted by Gasteiger charge is 2.20. The maximum Gasteiger partial charge on any atom is 0.0835 e. The van der Waals surface area contributed by atoms with E-state index < -0.39 is 0 Å². The number of nitrogens with zero attached hydrogens (tertiary/aromatic N) is 2. The smallest absolute Gasteiger partial charge is 0.0835 e. The van der Waals surface area contributed by atoms with Crippen LogP contribution in [0.15, 0.2) is 6.20 Å². The van der Waals surface area contributed by atoms with Gasteiger partial charge in [-0.3, -0.25) is 4.68 Å². The molecule has 1 heterocycles. The van der Waals surface area contributed by atoms with Crippen LogP contribution in [-0.4, -0.2) is 29.0 Å². The third kappa shape index (κ3) is 4.26. The van der Waals surface area contributed by atoms with Crippen molar-refractivity contribution in [3.63, 3.8) is 0 Å². The fourth-order valence-electron chi connectivity index (χ4n) is 1.81. The molecule has 0 aromatic carbocycles. The molecule has 1 aromatic rings. The molecule has 0 saturated carbocycles. The van der Waals surface area contributed by atoms with Gasteiger partial charge in [0.05, 0.1) is 35.7 Å². The second kappa shape index (κ2) is 7.77. The molecule has 0 spiro atoms. The summed E-state index contributed by atoms with van der Waals surface area (Å²) >= 11 is 6.23. The lowest BCUT2D eigenvalue weighted by Gasteiger charge is -2.21. The average molecular weight is 274 g/mol. The van der Waals surface area contributed by atoms with Crippen LogP contribution in [0.1, 0.15) is 45.9 Å². The molecule has 0 bridgehead atoms. The van der Waals surface area contributed by atoms with E-state index in [-0.39, 0.29) is 12.1 Å². The molecule has 1 rings (SSSR count). The maximum absolute atomic E-state index is 6.23. The van der Waals surface area contributed by atoms with Gasteiger partial charge in [0.25, 0.3) is 0 Å².